The van der Waals surface area contributed by atoms with Crippen molar-refractivity contribution in [3.8, 4) is 0 Å². The van der Waals surface area contributed by atoms with Crippen LogP contribution in [0.25, 0.3) is 0 Å². The van der Waals surface area contributed by atoms with Crippen LogP contribution in [0.2, 0.25) is 0 Å². The minimum Gasteiger partial charge on any atom is -0.341 e. The van der Waals surface area contributed by atoms with Gasteiger partial charge in [-0.05, 0) is 5.56 Å². The average molecular weight is 346 g/mol. The molecule has 0 N–H and O–H groups in total. The molecule has 0 saturated carbocycles. The second kappa shape index (κ2) is 7.42. The molecule has 8 nitrogen and oxygen atoms in total. The number of hydrogen-bond donors (Lipinski definition) is 0. The number of non-ortho nitro benzene ring substituents is 1. The van der Waals surface area contributed by atoms with Crippen molar-refractivity contribution >= 4 is 11.6 Å². The third-order valence-electron chi connectivity index (χ3n) is 3.66. The summed E-state index contributed by atoms with van der Waals surface area (Å²) in [5.41, 5.74) is 0.515. The predicted molar refractivity (Wildman–Crippen MR) is 90.9 cm³/mol. The second-order valence-electron chi connectivity index (χ2n) is 6.94. The lowest BCUT2D eigenvalue weighted by atomic mass is 9.96. The van der Waals surface area contributed by atoms with Crippen LogP contribution < -0.4 is 0 Å². The third-order valence-corrected chi connectivity index (χ3v) is 3.66. The summed E-state index contributed by atoms with van der Waals surface area (Å²) in [6, 6.07) is 6.26. The monoisotopic (exact) mass is 346 g/mol. The molecule has 25 heavy (non-hydrogen) atoms. The maximum Gasteiger partial charge on any atom is 0.269 e. The quantitative estimate of drug-likeness (QED) is 0.588. The summed E-state index contributed by atoms with van der Waals surface area (Å²) >= 11 is 0. The van der Waals surface area contributed by atoms with E-state index in [1.54, 1.807) is 19.2 Å². The van der Waals surface area contributed by atoms with E-state index in [1.165, 1.54) is 17.0 Å². The van der Waals surface area contributed by atoms with Gasteiger partial charge in [0.05, 0.1) is 4.92 Å². The number of aryl methyl sites for hydroxylation is 1. The maximum absolute atomic E-state index is 12.2. The van der Waals surface area contributed by atoms with Gasteiger partial charge in [0.15, 0.2) is 5.82 Å². The number of aromatic nitrogens is 2. The Kier molecular flexibility index (Phi) is 5.51. The van der Waals surface area contributed by atoms with Crippen LogP contribution in [0.4, 0.5) is 5.69 Å². The van der Waals surface area contributed by atoms with Crippen molar-refractivity contribution in [3.05, 3.63) is 51.7 Å². The van der Waals surface area contributed by atoms with Gasteiger partial charge in [-0.25, -0.2) is 0 Å². The molecule has 0 saturated heterocycles. The zero-order valence-corrected chi connectivity index (χ0v) is 14.9. The molecule has 0 radical (unpaired) electrons. The van der Waals surface area contributed by atoms with Gasteiger partial charge in [0.25, 0.3) is 5.69 Å². The number of amides is 1. The van der Waals surface area contributed by atoms with E-state index in [0.29, 0.717) is 30.2 Å². The normalized spacial score (nSPS) is 11.4. The van der Waals surface area contributed by atoms with Crippen LogP contribution >= 0.6 is 0 Å². The van der Waals surface area contributed by atoms with Gasteiger partial charge in [-0.1, -0.05) is 38.1 Å². The van der Waals surface area contributed by atoms with Gasteiger partial charge in [0, 0.05) is 44.0 Å². The molecule has 0 aliphatic rings. The number of carbonyl (C=O) groups is 1. The van der Waals surface area contributed by atoms with Crippen LogP contribution in [0.5, 0.6) is 0 Å². The molecule has 1 heterocycles. The number of nitro groups is 1. The Morgan fingerprint density at radius 3 is 2.68 bits per heavy atom. The van der Waals surface area contributed by atoms with Gasteiger partial charge < -0.3 is 9.42 Å². The lowest BCUT2D eigenvalue weighted by Gasteiger charge is -2.16. The van der Waals surface area contributed by atoms with Crippen LogP contribution in [0.3, 0.4) is 0 Å². The maximum atomic E-state index is 12.2. The molecule has 134 valence electrons. The van der Waals surface area contributed by atoms with Crippen LogP contribution in [0.15, 0.2) is 28.8 Å². The van der Waals surface area contributed by atoms with Gasteiger partial charge in [-0.15, -0.1) is 0 Å². The molecule has 2 rings (SSSR count). The van der Waals surface area contributed by atoms with Crippen molar-refractivity contribution in [3.63, 3.8) is 0 Å². The molecule has 0 aliphatic carbocycles. The molecule has 0 aliphatic heterocycles. The van der Waals surface area contributed by atoms with E-state index in [4.69, 9.17) is 4.52 Å². The van der Waals surface area contributed by atoms with Crippen LogP contribution in [0.1, 0.15) is 44.5 Å². The van der Waals surface area contributed by atoms with E-state index in [9.17, 15) is 14.9 Å². The Morgan fingerprint density at radius 1 is 1.36 bits per heavy atom. The fourth-order valence-corrected chi connectivity index (χ4v) is 2.20. The van der Waals surface area contributed by atoms with Crippen LogP contribution in [0, 0.1) is 10.1 Å². The third kappa shape index (κ3) is 5.10. The number of hydrogen-bond acceptors (Lipinski definition) is 6. The summed E-state index contributed by atoms with van der Waals surface area (Å²) < 4.78 is 5.17. The SMILES string of the molecule is CN(Cc1cccc([N+](=O)[O-])c1)C(=O)CCc1nc(C(C)(C)C)no1. The van der Waals surface area contributed by atoms with E-state index in [0.717, 1.165) is 0 Å². The van der Waals surface area contributed by atoms with Gasteiger partial charge in [-0.3, -0.25) is 14.9 Å². The summed E-state index contributed by atoms with van der Waals surface area (Å²) in [4.78, 5) is 28.4. The standard InChI is InChI=1S/C17H22N4O4/c1-17(2,3)16-18-14(25-19-16)8-9-15(22)20(4)11-12-6-5-7-13(10-12)21(23)24/h5-7,10H,8-9,11H2,1-4H3. The molecule has 0 unspecified atom stereocenters. The largest absolute Gasteiger partial charge is 0.341 e. The minimum atomic E-state index is -0.451. The van der Waals surface area contributed by atoms with Crippen molar-refractivity contribution in [2.75, 3.05) is 7.05 Å². The molecule has 0 atom stereocenters. The number of nitro benzene ring substituents is 1. The zero-order chi connectivity index (χ0) is 18.6. The molecule has 0 bridgehead atoms. The van der Waals surface area contributed by atoms with E-state index in [1.807, 2.05) is 20.8 Å². The van der Waals surface area contributed by atoms with Gasteiger partial charge >= 0.3 is 0 Å². The summed E-state index contributed by atoms with van der Waals surface area (Å²) in [5, 5.41) is 14.7. The molecular weight excluding hydrogens is 324 g/mol. The van der Waals surface area contributed by atoms with Crippen molar-refractivity contribution in [2.45, 2.75) is 45.6 Å². The fourth-order valence-electron chi connectivity index (χ4n) is 2.20. The molecular formula is C17H22N4O4. The van der Waals surface area contributed by atoms with Gasteiger partial charge in [-0.2, -0.15) is 4.98 Å². The number of rotatable bonds is 6. The topological polar surface area (TPSA) is 102 Å². The lowest BCUT2D eigenvalue weighted by molar-refractivity contribution is -0.384. The van der Waals surface area contributed by atoms with Crippen LogP contribution in [-0.4, -0.2) is 32.9 Å². The Balaban J connectivity index is 1.91. The Labute approximate surface area is 146 Å². The second-order valence-corrected chi connectivity index (χ2v) is 6.94. The van der Waals surface area contributed by atoms with Gasteiger partial charge in [0.1, 0.15) is 0 Å². The summed E-state index contributed by atoms with van der Waals surface area (Å²) in [7, 11) is 1.66. The Morgan fingerprint density at radius 2 is 2.08 bits per heavy atom. The van der Waals surface area contributed by atoms with Gasteiger partial charge in [0.2, 0.25) is 11.8 Å². The Hall–Kier alpha value is -2.77. The smallest absolute Gasteiger partial charge is 0.269 e. The van der Waals surface area contributed by atoms with E-state index < -0.39 is 4.92 Å². The van der Waals surface area contributed by atoms with Crippen molar-refractivity contribution in [1.29, 1.82) is 0 Å². The Bertz CT molecular complexity index is 764. The fraction of sp³-hybridized carbons (Fsp3) is 0.471. The highest BCUT2D eigenvalue weighted by molar-refractivity contribution is 5.76. The molecule has 0 fully saturated rings. The summed E-state index contributed by atoms with van der Waals surface area (Å²) in [6.45, 7) is 6.26. The molecule has 1 amide bonds. The first-order chi connectivity index (χ1) is 11.7. The first-order valence-electron chi connectivity index (χ1n) is 7.97. The molecule has 1 aromatic heterocycles. The van der Waals surface area contributed by atoms with E-state index in [-0.39, 0.29) is 23.4 Å². The molecule has 1 aromatic carbocycles. The van der Waals surface area contributed by atoms with E-state index in [2.05, 4.69) is 10.1 Å². The summed E-state index contributed by atoms with van der Waals surface area (Å²) in [5.74, 6) is 0.948. The molecule has 0 spiro atoms. The van der Waals surface area contributed by atoms with Crippen molar-refractivity contribution in [1.82, 2.24) is 15.0 Å². The van der Waals surface area contributed by atoms with Crippen molar-refractivity contribution < 1.29 is 14.2 Å². The first-order valence-corrected chi connectivity index (χ1v) is 7.97. The van der Waals surface area contributed by atoms with Crippen molar-refractivity contribution in [2.24, 2.45) is 0 Å². The number of carbonyl (C=O) groups excluding carboxylic acids is 1. The van der Waals surface area contributed by atoms with E-state index >= 15 is 0 Å². The molecule has 2 aromatic rings. The highest BCUT2D eigenvalue weighted by Crippen LogP contribution is 2.19. The first kappa shape index (κ1) is 18.6. The number of benzene rings is 1. The highest BCUT2D eigenvalue weighted by Gasteiger charge is 2.21. The molecule has 8 heteroatoms. The van der Waals surface area contributed by atoms with Crippen LogP contribution in [-0.2, 0) is 23.2 Å². The zero-order valence-electron chi connectivity index (χ0n) is 14.9. The average Bonchev–Trinajstić information content (AvgIpc) is 3.02. The summed E-state index contributed by atoms with van der Waals surface area (Å²) in [6.07, 6.45) is 0.596. The number of nitrogens with zero attached hydrogens (tertiary/aromatic N) is 4. The highest BCUT2D eigenvalue weighted by atomic mass is 16.6. The lowest BCUT2D eigenvalue weighted by Crippen LogP contribution is -2.26. The minimum absolute atomic E-state index is 0.0129. The predicted octanol–water partition coefficient (Wildman–Crippen LogP) is 2.87.